The van der Waals surface area contributed by atoms with Crippen LogP contribution in [0, 0.1) is 5.82 Å². The van der Waals surface area contributed by atoms with Gasteiger partial charge in [-0.05, 0) is 50.7 Å². The predicted molar refractivity (Wildman–Crippen MR) is 135 cm³/mol. The number of para-hydroxylation sites is 1. The van der Waals surface area contributed by atoms with Gasteiger partial charge in [-0.25, -0.2) is 4.39 Å². The molecule has 1 N–H and O–H groups in total. The Balaban J connectivity index is 0.00000341. The Morgan fingerprint density at radius 1 is 1.26 bits per heavy atom. The monoisotopic (exact) mass is 548 g/mol. The molecule has 2 aliphatic heterocycles. The molecule has 0 bridgehead atoms. The van der Waals surface area contributed by atoms with Crippen LogP contribution in [0.5, 0.6) is 0 Å². The number of aliphatic imine (C=N–C) groups is 1. The highest BCUT2D eigenvalue weighted by atomic mass is 127. The number of guanidine groups is 1. The Morgan fingerprint density at radius 3 is 2.71 bits per heavy atom. The molecule has 0 saturated carbocycles. The van der Waals surface area contributed by atoms with Gasteiger partial charge in [0.25, 0.3) is 0 Å². The molecular weight excluding hydrogens is 510 g/mol. The second-order valence-corrected chi connectivity index (χ2v) is 8.21. The standard InChI is InChI=1S/C23H37FN4O2.HI/c1-25-23(26-13-7-14-27(2)22-10-4-3-9-21(22)24)28-15-11-19(12-16-28)30-18-20-8-5-6-17-29-20;/h3-4,9-10,19-20H,5-8,11-18H2,1-2H3,(H,25,26);1H. The molecule has 3 rings (SSSR count). The molecule has 6 nitrogen and oxygen atoms in total. The number of hydrogen-bond donors (Lipinski definition) is 1. The maximum atomic E-state index is 13.9. The van der Waals surface area contributed by atoms with Crippen molar-refractivity contribution in [3.05, 3.63) is 30.1 Å². The summed E-state index contributed by atoms with van der Waals surface area (Å²) in [5.41, 5.74) is 0.641. The summed E-state index contributed by atoms with van der Waals surface area (Å²) in [6.45, 7) is 5.10. The van der Waals surface area contributed by atoms with Crippen LogP contribution in [-0.4, -0.2) is 76.6 Å². The Morgan fingerprint density at radius 2 is 2.03 bits per heavy atom. The first-order valence-electron chi connectivity index (χ1n) is 11.3. The van der Waals surface area contributed by atoms with Crippen LogP contribution in [0.4, 0.5) is 10.1 Å². The number of piperidine rings is 1. The van der Waals surface area contributed by atoms with Gasteiger partial charge in [-0.1, -0.05) is 12.1 Å². The van der Waals surface area contributed by atoms with Crippen molar-refractivity contribution < 1.29 is 13.9 Å². The van der Waals surface area contributed by atoms with Crippen molar-refractivity contribution in [3.63, 3.8) is 0 Å². The van der Waals surface area contributed by atoms with Crippen molar-refractivity contribution in [1.82, 2.24) is 10.2 Å². The van der Waals surface area contributed by atoms with Crippen LogP contribution < -0.4 is 10.2 Å². The van der Waals surface area contributed by atoms with E-state index < -0.39 is 0 Å². The van der Waals surface area contributed by atoms with Crippen LogP contribution in [0.2, 0.25) is 0 Å². The Bertz CT molecular complexity index is 665. The van der Waals surface area contributed by atoms with Gasteiger partial charge in [0.1, 0.15) is 5.82 Å². The minimum Gasteiger partial charge on any atom is -0.376 e. The summed E-state index contributed by atoms with van der Waals surface area (Å²) in [6.07, 6.45) is 7.11. The minimum atomic E-state index is -0.177. The predicted octanol–water partition coefficient (Wildman–Crippen LogP) is 3.90. The highest BCUT2D eigenvalue weighted by Crippen LogP contribution is 2.18. The van der Waals surface area contributed by atoms with Crippen molar-refractivity contribution in [2.45, 2.75) is 50.7 Å². The number of anilines is 1. The number of halogens is 2. The van der Waals surface area contributed by atoms with Crippen LogP contribution in [0.25, 0.3) is 0 Å². The fourth-order valence-electron chi connectivity index (χ4n) is 4.15. The average molecular weight is 548 g/mol. The molecule has 2 saturated heterocycles. The van der Waals surface area contributed by atoms with Gasteiger partial charge in [0.05, 0.1) is 24.5 Å². The largest absolute Gasteiger partial charge is 0.376 e. The van der Waals surface area contributed by atoms with Crippen LogP contribution >= 0.6 is 24.0 Å². The maximum Gasteiger partial charge on any atom is 0.193 e. The van der Waals surface area contributed by atoms with E-state index in [9.17, 15) is 4.39 Å². The number of nitrogens with zero attached hydrogens (tertiary/aromatic N) is 3. The summed E-state index contributed by atoms with van der Waals surface area (Å²) in [7, 11) is 3.76. The van der Waals surface area contributed by atoms with Crippen LogP contribution in [0.1, 0.15) is 38.5 Å². The van der Waals surface area contributed by atoms with E-state index in [1.807, 2.05) is 31.1 Å². The van der Waals surface area contributed by atoms with Gasteiger partial charge in [0.15, 0.2) is 5.96 Å². The Labute approximate surface area is 203 Å². The average Bonchev–Trinajstić information content (AvgIpc) is 2.79. The molecule has 1 atom stereocenters. The lowest BCUT2D eigenvalue weighted by atomic mass is 10.1. The summed E-state index contributed by atoms with van der Waals surface area (Å²) in [6, 6.07) is 6.90. The molecule has 2 fully saturated rings. The van der Waals surface area contributed by atoms with E-state index in [0.717, 1.165) is 71.0 Å². The third kappa shape index (κ3) is 8.38. The maximum absolute atomic E-state index is 13.9. The van der Waals surface area contributed by atoms with Gasteiger partial charge >= 0.3 is 0 Å². The molecular formula is C23H38FIN4O2. The second kappa shape index (κ2) is 14.1. The molecule has 8 heteroatoms. The van der Waals surface area contributed by atoms with E-state index in [-0.39, 0.29) is 35.9 Å². The lowest BCUT2D eigenvalue weighted by Gasteiger charge is -2.35. The molecule has 0 amide bonds. The molecule has 2 aliphatic rings. The first-order valence-corrected chi connectivity index (χ1v) is 11.3. The minimum absolute atomic E-state index is 0. The molecule has 1 aromatic rings. The molecule has 2 heterocycles. The van der Waals surface area contributed by atoms with Gasteiger partial charge in [0, 0.05) is 46.9 Å². The van der Waals surface area contributed by atoms with E-state index >= 15 is 0 Å². The van der Waals surface area contributed by atoms with Crippen molar-refractivity contribution in [2.24, 2.45) is 4.99 Å². The summed E-state index contributed by atoms with van der Waals surface area (Å²) < 4.78 is 25.7. The van der Waals surface area contributed by atoms with Crippen LogP contribution in [-0.2, 0) is 9.47 Å². The van der Waals surface area contributed by atoms with E-state index in [1.165, 1.54) is 18.9 Å². The van der Waals surface area contributed by atoms with Gasteiger partial charge in [-0.2, -0.15) is 0 Å². The van der Waals surface area contributed by atoms with Crippen molar-refractivity contribution >= 4 is 35.6 Å². The molecule has 0 aromatic heterocycles. The van der Waals surface area contributed by atoms with E-state index in [0.29, 0.717) is 11.8 Å². The number of nitrogens with one attached hydrogen (secondary N) is 1. The van der Waals surface area contributed by atoms with Crippen LogP contribution in [0.3, 0.4) is 0 Å². The van der Waals surface area contributed by atoms with Crippen molar-refractivity contribution in [3.8, 4) is 0 Å². The molecule has 0 aliphatic carbocycles. The summed E-state index contributed by atoms with van der Waals surface area (Å²) >= 11 is 0. The fourth-order valence-corrected chi connectivity index (χ4v) is 4.15. The number of benzene rings is 1. The summed E-state index contributed by atoms with van der Waals surface area (Å²) in [5.74, 6) is 0.765. The molecule has 0 spiro atoms. The molecule has 0 radical (unpaired) electrons. The van der Waals surface area contributed by atoms with Gasteiger partial charge in [-0.15, -0.1) is 24.0 Å². The van der Waals surface area contributed by atoms with Gasteiger partial charge in [-0.3, -0.25) is 4.99 Å². The van der Waals surface area contributed by atoms with Crippen molar-refractivity contribution in [1.29, 1.82) is 0 Å². The summed E-state index contributed by atoms with van der Waals surface area (Å²) in [4.78, 5) is 8.70. The van der Waals surface area contributed by atoms with Crippen LogP contribution in [0.15, 0.2) is 29.3 Å². The lowest BCUT2D eigenvalue weighted by Crippen LogP contribution is -2.47. The third-order valence-electron chi connectivity index (χ3n) is 5.96. The zero-order valence-corrected chi connectivity index (χ0v) is 21.2. The van der Waals surface area contributed by atoms with Crippen molar-refractivity contribution in [2.75, 3.05) is 58.4 Å². The quantitative estimate of drug-likeness (QED) is 0.231. The summed E-state index contributed by atoms with van der Waals surface area (Å²) in [5, 5.41) is 3.45. The number of ether oxygens (including phenoxy) is 2. The van der Waals surface area contributed by atoms with E-state index in [1.54, 1.807) is 6.07 Å². The normalized spacial score (nSPS) is 20.3. The van der Waals surface area contributed by atoms with E-state index in [2.05, 4.69) is 15.2 Å². The molecule has 1 aromatic carbocycles. The number of hydrogen-bond acceptors (Lipinski definition) is 4. The molecule has 1 unspecified atom stereocenters. The topological polar surface area (TPSA) is 49.3 Å². The van der Waals surface area contributed by atoms with E-state index in [4.69, 9.17) is 9.47 Å². The highest BCUT2D eigenvalue weighted by Gasteiger charge is 2.23. The molecule has 176 valence electrons. The fraction of sp³-hybridized carbons (Fsp3) is 0.696. The third-order valence-corrected chi connectivity index (χ3v) is 5.96. The number of likely N-dealkylation sites (tertiary alicyclic amines) is 1. The first-order chi connectivity index (χ1) is 14.7. The zero-order valence-electron chi connectivity index (χ0n) is 18.9. The van der Waals surface area contributed by atoms with Gasteiger partial charge in [0.2, 0.25) is 0 Å². The first kappa shape index (κ1) is 26.1. The smallest absolute Gasteiger partial charge is 0.193 e. The highest BCUT2D eigenvalue weighted by molar-refractivity contribution is 14.0. The second-order valence-electron chi connectivity index (χ2n) is 8.21. The Hall–Kier alpha value is -1.13. The zero-order chi connectivity index (χ0) is 21.2. The Kier molecular flexibility index (Phi) is 11.9. The molecule has 31 heavy (non-hydrogen) atoms. The number of rotatable bonds is 8. The van der Waals surface area contributed by atoms with Gasteiger partial charge < -0.3 is 24.6 Å². The SMILES string of the molecule is CN=C(NCCCN(C)c1ccccc1F)N1CCC(OCC2CCCCO2)CC1.I. The lowest BCUT2D eigenvalue weighted by molar-refractivity contribution is -0.0721.